The first-order valence-electron chi connectivity index (χ1n) is 12.2. The van der Waals surface area contributed by atoms with Gasteiger partial charge in [0.25, 0.3) is 0 Å². The average molecular weight is 511 g/mol. The fourth-order valence-electron chi connectivity index (χ4n) is 4.07. The van der Waals surface area contributed by atoms with Gasteiger partial charge < -0.3 is 25.8 Å². The average Bonchev–Trinajstić information content (AvgIpc) is 3.32. The highest BCUT2D eigenvalue weighted by molar-refractivity contribution is 5.85. The Kier molecular flexibility index (Phi) is 9.73. The van der Waals surface area contributed by atoms with E-state index in [1.807, 2.05) is 52.9 Å². The molecule has 1 aliphatic heterocycles. The Morgan fingerprint density at radius 1 is 1.14 bits per heavy atom. The molecule has 1 aromatic carbocycles. The van der Waals surface area contributed by atoms with E-state index in [1.165, 1.54) is 0 Å². The molecule has 0 bridgehead atoms. The highest BCUT2D eigenvalue weighted by Gasteiger charge is 2.29. The molecule has 4 N–H and O–H groups in total. The van der Waals surface area contributed by atoms with Crippen molar-refractivity contribution >= 4 is 17.5 Å². The largest absolute Gasteiger partial charge is 0.381 e. The number of hydrogen-bond acceptors (Lipinski definition) is 7. The smallest absolute Gasteiger partial charge is 0.240 e. The Hall–Kier alpha value is -3.34. The number of hydrogen-bond donors (Lipinski definition) is 3. The van der Waals surface area contributed by atoms with Crippen LogP contribution in [0.5, 0.6) is 0 Å². The van der Waals surface area contributed by atoms with E-state index < -0.39 is 11.6 Å². The first kappa shape index (κ1) is 28.2. The van der Waals surface area contributed by atoms with E-state index in [9.17, 15) is 9.59 Å². The lowest BCUT2D eigenvalue weighted by Gasteiger charge is -2.24. The molecule has 4 rings (SSSR count). The van der Waals surface area contributed by atoms with Gasteiger partial charge in [-0.05, 0) is 44.4 Å². The molecule has 3 heterocycles. The number of nitrogens with one attached hydrogen (secondary N) is 2. The summed E-state index contributed by atoms with van der Waals surface area (Å²) < 4.78 is 13.2. The molecule has 2 aromatic heterocycles. The summed E-state index contributed by atoms with van der Waals surface area (Å²) in [6.45, 7) is 5.33. The van der Waals surface area contributed by atoms with Gasteiger partial charge in [-0.3, -0.25) is 14.0 Å². The zero-order valence-corrected chi connectivity index (χ0v) is 20.8. The molecule has 0 unspecified atom stereocenters. The number of nitrogens with zero attached hydrogens (tertiary/aromatic N) is 3. The van der Waals surface area contributed by atoms with Crippen LogP contribution < -0.4 is 16.4 Å². The van der Waals surface area contributed by atoms with Gasteiger partial charge >= 0.3 is 0 Å². The van der Waals surface area contributed by atoms with Crippen molar-refractivity contribution in [2.45, 2.75) is 58.8 Å². The molecule has 0 saturated carbocycles. The fraction of sp³-hybridized carbons (Fsp3) is 0.481. The van der Waals surface area contributed by atoms with E-state index in [0.29, 0.717) is 37.8 Å². The summed E-state index contributed by atoms with van der Waals surface area (Å²) in [5, 5.41) is 14.7. The number of carbonyl (C=O) groups excluding carboxylic acids is 2. The van der Waals surface area contributed by atoms with Gasteiger partial charge in [0.1, 0.15) is 6.04 Å². The summed E-state index contributed by atoms with van der Waals surface area (Å²) in [6.07, 6.45) is 1.44. The molecule has 10 heteroatoms. The summed E-state index contributed by atoms with van der Waals surface area (Å²) >= 11 is 0. The lowest BCUT2D eigenvalue weighted by molar-refractivity contribution is -0.128. The second kappa shape index (κ2) is 12.8. The number of rotatable bonds is 10. The van der Waals surface area contributed by atoms with Crippen molar-refractivity contribution < 1.29 is 19.1 Å². The number of aromatic nitrogens is 3. The number of amides is 2. The molecule has 0 aliphatic carbocycles. The number of carbonyl (C=O) groups is 2. The van der Waals surface area contributed by atoms with Crippen molar-refractivity contribution in [2.75, 3.05) is 19.8 Å². The first-order valence-corrected chi connectivity index (χ1v) is 12.2. The van der Waals surface area contributed by atoms with Gasteiger partial charge in [0, 0.05) is 24.8 Å². The van der Waals surface area contributed by atoms with Gasteiger partial charge in [-0.2, -0.15) is 0 Å². The molecule has 3 aromatic rings. The van der Waals surface area contributed by atoms with Gasteiger partial charge in [0.15, 0.2) is 11.5 Å². The number of pyridine rings is 1. The van der Waals surface area contributed by atoms with Crippen molar-refractivity contribution in [3.63, 3.8) is 0 Å². The monoisotopic (exact) mass is 510 g/mol. The topological polar surface area (TPSA) is 133 Å². The lowest BCUT2D eigenvalue weighted by Crippen LogP contribution is -2.51. The van der Waals surface area contributed by atoms with Crippen LogP contribution in [0.15, 0.2) is 48.5 Å². The molecule has 1 aliphatic rings. The van der Waals surface area contributed by atoms with Crippen LogP contribution in [0, 0.1) is 5.92 Å². The van der Waals surface area contributed by atoms with Crippen molar-refractivity contribution in [1.29, 1.82) is 0 Å². The van der Waals surface area contributed by atoms with Crippen molar-refractivity contribution in [1.82, 2.24) is 25.2 Å². The van der Waals surface area contributed by atoms with Gasteiger partial charge in [-0.25, -0.2) is 0 Å². The summed E-state index contributed by atoms with van der Waals surface area (Å²) in [5.74, 6) is 0.124. The van der Waals surface area contributed by atoms with Crippen LogP contribution in [-0.4, -0.2) is 51.8 Å². The van der Waals surface area contributed by atoms with Crippen molar-refractivity contribution in [3.05, 3.63) is 65.6 Å². The lowest BCUT2D eigenvalue weighted by atomic mass is 9.99. The Morgan fingerprint density at radius 2 is 1.86 bits per heavy atom. The predicted molar refractivity (Wildman–Crippen MR) is 140 cm³/mol. The van der Waals surface area contributed by atoms with Gasteiger partial charge in [-0.15, -0.1) is 10.2 Å². The van der Waals surface area contributed by atoms with E-state index in [4.69, 9.17) is 15.2 Å². The summed E-state index contributed by atoms with van der Waals surface area (Å²) in [5.41, 5.74) is 7.38. The minimum Gasteiger partial charge on any atom is -0.381 e. The zero-order valence-electron chi connectivity index (χ0n) is 20.8. The number of fused-ring (bicyclic) bond motifs is 1. The highest BCUT2D eigenvalue weighted by atomic mass is 16.5. The number of benzene rings is 1. The third kappa shape index (κ3) is 7.34. The SMILES string of the molecule is C.CC(C)(N)C(=O)N[C@H](COCc1ccccc1)c1nnc2cccc(CNC(=O)C3CCOCC3)n12. The molecule has 1 saturated heterocycles. The fourth-order valence-corrected chi connectivity index (χ4v) is 4.07. The first-order chi connectivity index (χ1) is 17.3. The van der Waals surface area contributed by atoms with Gasteiger partial charge in [-0.1, -0.05) is 43.8 Å². The van der Waals surface area contributed by atoms with Crippen LogP contribution in [0.4, 0.5) is 0 Å². The Balaban J connectivity index is 0.00000380. The molecule has 0 radical (unpaired) electrons. The number of ether oxygens (including phenoxy) is 2. The van der Waals surface area contributed by atoms with Crippen LogP contribution in [-0.2, 0) is 32.2 Å². The standard InChI is InChI=1S/C26H34N6O4.CH4/c1-26(2,27)25(34)29-21(17-36-16-18-7-4-3-5-8-18)23-31-30-22-10-6-9-20(32(22)23)15-28-24(33)19-11-13-35-14-12-19;/h3-10,19,21H,11-17,27H2,1-2H3,(H,28,33)(H,29,34);1H4/t21-;/m1./s1. The van der Waals surface area contributed by atoms with Crippen LogP contribution >= 0.6 is 0 Å². The minimum absolute atomic E-state index is 0. The van der Waals surface area contributed by atoms with E-state index in [1.54, 1.807) is 13.8 Å². The van der Waals surface area contributed by atoms with Crippen LogP contribution in [0.2, 0.25) is 0 Å². The van der Waals surface area contributed by atoms with Gasteiger partial charge in [0.2, 0.25) is 11.8 Å². The van der Waals surface area contributed by atoms with Crippen molar-refractivity contribution in [2.24, 2.45) is 11.7 Å². The Bertz CT molecular complexity index is 1170. The maximum Gasteiger partial charge on any atom is 0.240 e. The molecule has 200 valence electrons. The van der Waals surface area contributed by atoms with E-state index in [-0.39, 0.29) is 31.8 Å². The van der Waals surface area contributed by atoms with Crippen LogP contribution in [0.3, 0.4) is 0 Å². The quantitative estimate of drug-likeness (QED) is 0.382. The zero-order chi connectivity index (χ0) is 25.5. The molecular formula is C27H38N6O4. The second-order valence-corrected chi connectivity index (χ2v) is 9.62. The summed E-state index contributed by atoms with van der Waals surface area (Å²) in [7, 11) is 0. The third-order valence-electron chi connectivity index (χ3n) is 6.17. The van der Waals surface area contributed by atoms with E-state index in [0.717, 1.165) is 24.1 Å². The maximum absolute atomic E-state index is 12.8. The Labute approximate surface area is 217 Å². The third-order valence-corrected chi connectivity index (χ3v) is 6.17. The van der Waals surface area contributed by atoms with Crippen molar-refractivity contribution in [3.8, 4) is 0 Å². The molecule has 1 fully saturated rings. The maximum atomic E-state index is 12.8. The molecule has 2 amide bonds. The summed E-state index contributed by atoms with van der Waals surface area (Å²) in [6, 6.07) is 14.8. The Morgan fingerprint density at radius 3 is 2.57 bits per heavy atom. The molecule has 1 atom stereocenters. The van der Waals surface area contributed by atoms with Crippen LogP contribution in [0.1, 0.15) is 57.2 Å². The number of nitrogens with two attached hydrogens (primary N) is 1. The molecular weight excluding hydrogens is 472 g/mol. The normalized spacial score (nSPS) is 15.1. The highest BCUT2D eigenvalue weighted by Crippen LogP contribution is 2.19. The molecule has 0 spiro atoms. The van der Waals surface area contributed by atoms with E-state index >= 15 is 0 Å². The molecule has 10 nitrogen and oxygen atoms in total. The second-order valence-electron chi connectivity index (χ2n) is 9.62. The summed E-state index contributed by atoms with van der Waals surface area (Å²) in [4.78, 5) is 25.5. The molecule has 37 heavy (non-hydrogen) atoms. The predicted octanol–water partition coefficient (Wildman–Crippen LogP) is 2.52. The van der Waals surface area contributed by atoms with Crippen LogP contribution in [0.25, 0.3) is 5.65 Å². The van der Waals surface area contributed by atoms with Gasteiger partial charge in [0.05, 0.1) is 25.3 Å². The van der Waals surface area contributed by atoms with E-state index in [2.05, 4.69) is 20.8 Å². The minimum atomic E-state index is -1.08.